The van der Waals surface area contributed by atoms with Gasteiger partial charge in [-0.2, -0.15) is 0 Å². The standard InChI is InChI=1S/C13H16BrClN2O3/c1-8(2)3-11(15)7-16-13(18)9-4-10(14)6-12(5-9)17(19)20/h4-6,8,11H,3,7H2,1-2H3,(H,16,18). The minimum absolute atomic E-state index is 0.130. The van der Waals surface area contributed by atoms with Gasteiger partial charge in [-0.25, -0.2) is 0 Å². The molecule has 1 rings (SSSR count). The average Bonchev–Trinajstić information content (AvgIpc) is 2.34. The molecule has 0 fully saturated rings. The van der Waals surface area contributed by atoms with Crippen molar-refractivity contribution in [3.63, 3.8) is 0 Å². The minimum atomic E-state index is -0.537. The first kappa shape index (κ1) is 16.9. The lowest BCUT2D eigenvalue weighted by molar-refractivity contribution is -0.385. The number of halogens is 2. The van der Waals surface area contributed by atoms with Crippen LogP contribution >= 0.6 is 27.5 Å². The number of carbonyl (C=O) groups is 1. The third-order valence-electron chi connectivity index (χ3n) is 2.57. The molecule has 0 aliphatic heterocycles. The fourth-order valence-electron chi connectivity index (χ4n) is 1.71. The maximum atomic E-state index is 11.9. The van der Waals surface area contributed by atoms with Crippen LogP contribution < -0.4 is 5.32 Å². The SMILES string of the molecule is CC(C)CC(Cl)CNC(=O)c1cc(Br)cc([N+](=O)[O-])c1. The van der Waals surface area contributed by atoms with Gasteiger partial charge in [-0.3, -0.25) is 14.9 Å². The minimum Gasteiger partial charge on any atom is -0.351 e. The van der Waals surface area contributed by atoms with E-state index in [-0.39, 0.29) is 22.5 Å². The molecule has 0 aliphatic rings. The van der Waals surface area contributed by atoms with Crippen LogP contribution in [0.5, 0.6) is 0 Å². The second-order valence-corrected chi connectivity index (χ2v) is 6.42. The fraction of sp³-hybridized carbons (Fsp3) is 0.462. The molecule has 7 heteroatoms. The largest absolute Gasteiger partial charge is 0.351 e. The second-order valence-electron chi connectivity index (χ2n) is 4.89. The molecule has 0 aromatic heterocycles. The van der Waals surface area contributed by atoms with Crippen molar-refractivity contribution in [3.8, 4) is 0 Å². The normalized spacial score (nSPS) is 12.2. The van der Waals surface area contributed by atoms with Crippen molar-refractivity contribution >= 4 is 39.1 Å². The predicted molar refractivity (Wildman–Crippen MR) is 82.2 cm³/mol. The van der Waals surface area contributed by atoms with Crippen LogP contribution in [0, 0.1) is 16.0 Å². The number of nitrogens with zero attached hydrogens (tertiary/aromatic N) is 1. The van der Waals surface area contributed by atoms with Crippen LogP contribution in [0.3, 0.4) is 0 Å². The summed E-state index contributed by atoms with van der Waals surface area (Å²) in [6.45, 7) is 4.43. The summed E-state index contributed by atoms with van der Waals surface area (Å²) in [7, 11) is 0. The third-order valence-corrected chi connectivity index (χ3v) is 3.36. The zero-order valence-electron chi connectivity index (χ0n) is 11.2. The lowest BCUT2D eigenvalue weighted by atomic mass is 10.1. The monoisotopic (exact) mass is 362 g/mol. The van der Waals surface area contributed by atoms with Crippen molar-refractivity contribution in [1.29, 1.82) is 0 Å². The molecule has 0 bridgehead atoms. The molecule has 20 heavy (non-hydrogen) atoms. The number of non-ortho nitro benzene ring substituents is 1. The molecule has 110 valence electrons. The molecule has 1 N–H and O–H groups in total. The Balaban J connectivity index is 2.70. The molecule has 0 saturated carbocycles. The Morgan fingerprint density at radius 3 is 2.65 bits per heavy atom. The summed E-state index contributed by atoms with van der Waals surface area (Å²) < 4.78 is 0.487. The highest BCUT2D eigenvalue weighted by atomic mass is 79.9. The highest BCUT2D eigenvalue weighted by molar-refractivity contribution is 9.10. The second kappa shape index (κ2) is 7.59. The molecule has 0 spiro atoms. The summed E-state index contributed by atoms with van der Waals surface area (Å²) in [5.74, 6) is 0.0742. The maximum absolute atomic E-state index is 11.9. The van der Waals surface area contributed by atoms with Crippen LogP contribution in [0.15, 0.2) is 22.7 Å². The summed E-state index contributed by atoms with van der Waals surface area (Å²) >= 11 is 9.24. The van der Waals surface area contributed by atoms with Crippen molar-refractivity contribution in [2.45, 2.75) is 25.6 Å². The number of hydrogen-bond donors (Lipinski definition) is 1. The Bertz CT molecular complexity index is 508. The molecule has 0 heterocycles. The Kier molecular flexibility index (Phi) is 6.42. The quantitative estimate of drug-likeness (QED) is 0.475. The lowest BCUT2D eigenvalue weighted by Crippen LogP contribution is -2.30. The van der Waals surface area contributed by atoms with Crippen LogP contribution in [-0.2, 0) is 0 Å². The van der Waals surface area contributed by atoms with Gasteiger partial charge in [-0.05, 0) is 18.4 Å². The van der Waals surface area contributed by atoms with E-state index in [0.717, 1.165) is 6.42 Å². The van der Waals surface area contributed by atoms with Gasteiger partial charge < -0.3 is 5.32 Å². The predicted octanol–water partition coefficient (Wildman–Crippen LogP) is 3.74. The molecule has 5 nitrogen and oxygen atoms in total. The molecule has 0 radical (unpaired) electrons. The molecule has 1 aromatic rings. The van der Waals surface area contributed by atoms with Gasteiger partial charge >= 0.3 is 0 Å². The van der Waals surface area contributed by atoms with E-state index in [2.05, 4.69) is 35.1 Å². The number of benzene rings is 1. The number of nitro benzene ring substituents is 1. The Morgan fingerprint density at radius 1 is 1.45 bits per heavy atom. The van der Waals surface area contributed by atoms with Crippen LogP contribution in [-0.4, -0.2) is 22.8 Å². The van der Waals surface area contributed by atoms with Crippen molar-refractivity contribution < 1.29 is 9.72 Å². The van der Waals surface area contributed by atoms with Crippen LogP contribution in [0.4, 0.5) is 5.69 Å². The highest BCUT2D eigenvalue weighted by Gasteiger charge is 2.15. The molecule has 1 atom stereocenters. The van der Waals surface area contributed by atoms with Crippen LogP contribution in [0.25, 0.3) is 0 Å². The van der Waals surface area contributed by atoms with Crippen molar-refractivity contribution in [2.75, 3.05) is 6.54 Å². The first-order chi connectivity index (χ1) is 9.29. The van der Waals surface area contributed by atoms with Gasteiger partial charge in [-0.1, -0.05) is 29.8 Å². The number of rotatable bonds is 6. The molecular weight excluding hydrogens is 348 g/mol. The van der Waals surface area contributed by atoms with E-state index in [0.29, 0.717) is 16.9 Å². The number of amides is 1. The molecule has 1 amide bonds. The molecule has 1 aromatic carbocycles. The molecule has 0 aliphatic carbocycles. The van der Waals surface area contributed by atoms with Gasteiger partial charge in [0.05, 0.1) is 10.3 Å². The van der Waals surface area contributed by atoms with E-state index in [1.165, 1.54) is 18.2 Å². The summed E-state index contributed by atoms with van der Waals surface area (Å²) in [5, 5.41) is 13.3. The average molecular weight is 364 g/mol. The number of hydrogen-bond acceptors (Lipinski definition) is 3. The topological polar surface area (TPSA) is 72.2 Å². The van der Waals surface area contributed by atoms with Crippen molar-refractivity contribution in [3.05, 3.63) is 38.3 Å². The zero-order chi connectivity index (χ0) is 15.3. The third kappa shape index (κ3) is 5.46. The van der Waals surface area contributed by atoms with Crippen LogP contribution in [0.1, 0.15) is 30.6 Å². The van der Waals surface area contributed by atoms with Gasteiger partial charge in [0, 0.05) is 28.7 Å². The van der Waals surface area contributed by atoms with Crippen LogP contribution in [0.2, 0.25) is 0 Å². The number of nitro groups is 1. The Hall–Kier alpha value is -1.14. The van der Waals surface area contributed by atoms with E-state index in [9.17, 15) is 14.9 Å². The van der Waals surface area contributed by atoms with E-state index in [1.807, 2.05) is 0 Å². The Morgan fingerprint density at radius 2 is 2.10 bits per heavy atom. The molecule has 0 saturated heterocycles. The summed E-state index contributed by atoms with van der Waals surface area (Å²) in [6.07, 6.45) is 0.792. The van der Waals surface area contributed by atoms with E-state index in [4.69, 9.17) is 11.6 Å². The Labute approximate surface area is 131 Å². The van der Waals surface area contributed by atoms with Gasteiger partial charge in [-0.15, -0.1) is 11.6 Å². The summed E-state index contributed by atoms with van der Waals surface area (Å²) in [4.78, 5) is 22.2. The van der Waals surface area contributed by atoms with E-state index in [1.54, 1.807) is 0 Å². The van der Waals surface area contributed by atoms with E-state index < -0.39 is 4.92 Å². The van der Waals surface area contributed by atoms with Gasteiger partial charge in [0.2, 0.25) is 0 Å². The number of nitrogens with one attached hydrogen (secondary N) is 1. The molecule has 1 unspecified atom stereocenters. The summed E-state index contributed by atoms with van der Waals surface area (Å²) in [6, 6.07) is 4.12. The first-order valence-electron chi connectivity index (χ1n) is 6.17. The number of alkyl halides is 1. The smallest absolute Gasteiger partial charge is 0.271 e. The maximum Gasteiger partial charge on any atom is 0.271 e. The fourth-order valence-corrected chi connectivity index (χ4v) is 2.63. The summed E-state index contributed by atoms with van der Waals surface area (Å²) in [5.41, 5.74) is 0.105. The highest BCUT2D eigenvalue weighted by Crippen LogP contribution is 2.21. The van der Waals surface area contributed by atoms with E-state index >= 15 is 0 Å². The van der Waals surface area contributed by atoms with Gasteiger partial charge in [0.25, 0.3) is 11.6 Å². The van der Waals surface area contributed by atoms with Gasteiger partial charge in [0.15, 0.2) is 0 Å². The zero-order valence-corrected chi connectivity index (χ0v) is 13.6. The van der Waals surface area contributed by atoms with Crippen molar-refractivity contribution in [2.24, 2.45) is 5.92 Å². The van der Waals surface area contributed by atoms with Gasteiger partial charge in [0.1, 0.15) is 0 Å². The lowest BCUT2D eigenvalue weighted by Gasteiger charge is -2.13. The van der Waals surface area contributed by atoms with Crippen molar-refractivity contribution in [1.82, 2.24) is 5.32 Å². The number of carbonyl (C=O) groups excluding carboxylic acids is 1. The first-order valence-corrected chi connectivity index (χ1v) is 7.39. The molecular formula is C13H16BrClN2O3.